The highest BCUT2D eigenvalue weighted by molar-refractivity contribution is 6.36. The fourth-order valence-electron chi connectivity index (χ4n) is 7.38. The van der Waals surface area contributed by atoms with Crippen LogP contribution >= 0.6 is 23.2 Å². The molecular weight excluding hydrogens is 766 g/mol. The van der Waals surface area contributed by atoms with Gasteiger partial charge in [0.05, 0.1) is 28.4 Å². The van der Waals surface area contributed by atoms with E-state index in [9.17, 15) is 28.4 Å². The molecule has 2 aromatic carbocycles. The van der Waals surface area contributed by atoms with Gasteiger partial charge in [0, 0.05) is 72.3 Å². The minimum Gasteiger partial charge on any atom is -0.482 e. The molecule has 0 aliphatic carbocycles. The van der Waals surface area contributed by atoms with Gasteiger partial charge in [-0.25, -0.2) is 9.37 Å². The summed E-state index contributed by atoms with van der Waals surface area (Å²) in [6.07, 6.45) is 7.82. The van der Waals surface area contributed by atoms with E-state index in [-0.39, 0.29) is 57.5 Å². The van der Waals surface area contributed by atoms with Crippen LogP contribution in [-0.2, 0) is 14.4 Å². The van der Waals surface area contributed by atoms with E-state index in [0.717, 1.165) is 28.9 Å². The topological polar surface area (TPSA) is 182 Å². The number of nitrogens with two attached hydrogens (primary N) is 1. The standard InChI is InChI=1S/C39H39Cl2FN8O6/c1-21(33-26(40)8-9-27(42)35(33)41)56-30-17-22(18-45-36(30)43)23-19-46-49(20-23)24-12-15-48(16-13-24)32(52)7-2-3-14-44-28-6-4-5-25-34(28)39(55)50(38(25)54)29-10-11-31(51)47-37(29)53/h4-6,8-9,17-21,24,29,44H,2-3,7,10-16H2,1H3,(H2,43,45)(H,47,51,53). The van der Waals surface area contributed by atoms with Crippen molar-refractivity contribution in [2.45, 2.75) is 70.1 Å². The fourth-order valence-corrected chi connectivity index (χ4v) is 8.06. The van der Waals surface area contributed by atoms with Gasteiger partial charge in [-0.3, -0.25) is 38.9 Å². The molecule has 7 rings (SSSR count). The largest absolute Gasteiger partial charge is 0.482 e. The van der Waals surface area contributed by atoms with Gasteiger partial charge < -0.3 is 20.7 Å². The zero-order valence-corrected chi connectivity index (χ0v) is 31.9. The van der Waals surface area contributed by atoms with Gasteiger partial charge in [0.1, 0.15) is 18.0 Å². The first-order valence-electron chi connectivity index (χ1n) is 18.4. The summed E-state index contributed by atoms with van der Waals surface area (Å²) in [5.74, 6) is -2.31. The number of aromatic nitrogens is 3. The smallest absolute Gasteiger partial charge is 0.264 e. The maximum Gasteiger partial charge on any atom is 0.264 e. The number of halogens is 3. The number of carbonyl (C=O) groups is 5. The number of hydrogen-bond acceptors (Lipinski definition) is 10. The average molecular weight is 806 g/mol. The van der Waals surface area contributed by atoms with Gasteiger partial charge in [0.25, 0.3) is 11.8 Å². The molecule has 2 fully saturated rings. The Labute approximate surface area is 331 Å². The van der Waals surface area contributed by atoms with E-state index in [1.54, 1.807) is 43.6 Å². The third-order valence-corrected chi connectivity index (χ3v) is 11.1. The molecule has 17 heteroatoms. The Hall–Kier alpha value is -5.54. The van der Waals surface area contributed by atoms with Crippen LogP contribution in [0.4, 0.5) is 15.9 Å². The highest BCUT2D eigenvalue weighted by Crippen LogP contribution is 2.38. The van der Waals surface area contributed by atoms with Crippen LogP contribution in [0.15, 0.2) is 55.0 Å². The summed E-state index contributed by atoms with van der Waals surface area (Å²) in [7, 11) is 0. The second-order valence-corrected chi connectivity index (χ2v) is 14.8. The molecule has 3 aliphatic heterocycles. The van der Waals surface area contributed by atoms with E-state index in [1.807, 2.05) is 15.8 Å². The van der Waals surface area contributed by atoms with Crippen LogP contribution in [0.5, 0.6) is 5.75 Å². The second-order valence-electron chi connectivity index (χ2n) is 14.0. The number of likely N-dealkylation sites (tertiary alicyclic amines) is 1. The summed E-state index contributed by atoms with van der Waals surface area (Å²) in [4.78, 5) is 70.6. The van der Waals surface area contributed by atoms with Crippen molar-refractivity contribution >= 4 is 64.2 Å². The average Bonchev–Trinajstić information content (AvgIpc) is 3.77. The molecule has 4 N–H and O–H groups in total. The molecule has 5 amide bonds. The van der Waals surface area contributed by atoms with Crippen molar-refractivity contribution in [3.8, 4) is 16.9 Å². The van der Waals surface area contributed by atoms with E-state index < -0.39 is 41.6 Å². The summed E-state index contributed by atoms with van der Waals surface area (Å²) in [6, 6.07) is 8.34. The van der Waals surface area contributed by atoms with Crippen LogP contribution in [0.25, 0.3) is 11.1 Å². The first-order valence-corrected chi connectivity index (χ1v) is 19.1. The van der Waals surface area contributed by atoms with Crippen LogP contribution in [-0.4, -0.2) is 79.8 Å². The number of nitrogens with zero attached hydrogens (tertiary/aromatic N) is 5. The minimum absolute atomic E-state index is 0.0498. The molecule has 0 spiro atoms. The van der Waals surface area contributed by atoms with Crippen LogP contribution in [0.3, 0.4) is 0 Å². The summed E-state index contributed by atoms with van der Waals surface area (Å²) in [6.45, 7) is 3.35. The molecule has 2 aromatic heterocycles. The van der Waals surface area contributed by atoms with Gasteiger partial charge in [-0.2, -0.15) is 5.10 Å². The Bertz CT molecular complexity index is 2220. The van der Waals surface area contributed by atoms with Crippen molar-refractivity contribution in [2.75, 3.05) is 30.7 Å². The van der Waals surface area contributed by atoms with E-state index in [1.165, 1.54) is 12.1 Å². The quantitative estimate of drug-likeness (QED) is 0.0878. The highest BCUT2D eigenvalue weighted by Gasteiger charge is 2.45. The monoisotopic (exact) mass is 804 g/mol. The Kier molecular flexibility index (Phi) is 11.3. The van der Waals surface area contributed by atoms with Crippen LogP contribution < -0.4 is 21.1 Å². The number of amides is 5. The van der Waals surface area contributed by atoms with E-state index >= 15 is 0 Å². The number of hydrogen-bond donors (Lipinski definition) is 3. The lowest BCUT2D eigenvalue weighted by Gasteiger charge is -2.32. The number of imide groups is 2. The van der Waals surface area contributed by atoms with E-state index in [0.29, 0.717) is 50.1 Å². The Morgan fingerprint density at radius 1 is 1.05 bits per heavy atom. The maximum atomic E-state index is 14.1. The van der Waals surface area contributed by atoms with Gasteiger partial charge in [-0.15, -0.1) is 0 Å². The molecule has 56 heavy (non-hydrogen) atoms. The maximum absolute atomic E-state index is 14.1. The summed E-state index contributed by atoms with van der Waals surface area (Å²) >= 11 is 12.5. The third-order valence-electron chi connectivity index (χ3n) is 10.4. The molecule has 0 saturated carbocycles. The second kappa shape index (κ2) is 16.3. The number of pyridine rings is 1. The number of unbranched alkanes of at least 4 members (excludes halogenated alkanes) is 1. The number of nitrogen functional groups attached to an aromatic ring is 1. The predicted molar refractivity (Wildman–Crippen MR) is 206 cm³/mol. The molecule has 292 valence electrons. The highest BCUT2D eigenvalue weighted by atomic mass is 35.5. The van der Waals surface area contributed by atoms with Crippen molar-refractivity contribution in [1.29, 1.82) is 0 Å². The molecule has 0 bridgehead atoms. The zero-order chi connectivity index (χ0) is 39.7. The number of carbonyl (C=O) groups excluding carboxylic acids is 5. The Morgan fingerprint density at radius 3 is 2.61 bits per heavy atom. The van der Waals surface area contributed by atoms with Gasteiger partial charge in [-0.1, -0.05) is 29.3 Å². The number of nitrogens with one attached hydrogen (secondary N) is 2. The number of benzene rings is 2. The summed E-state index contributed by atoms with van der Waals surface area (Å²) in [5, 5.41) is 10.2. The zero-order valence-electron chi connectivity index (χ0n) is 30.4. The van der Waals surface area contributed by atoms with Crippen molar-refractivity contribution in [3.63, 3.8) is 0 Å². The van der Waals surface area contributed by atoms with Crippen molar-refractivity contribution in [2.24, 2.45) is 0 Å². The number of piperidine rings is 2. The van der Waals surface area contributed by atoms with Crippen molar-refractivity contribution in [1.82, 2.24) is 29.9 Å². The van der Waals surface area contributed by atoms with Crippen LogP contribution in [0.2, 0.25) is 10.0 Å². The number of anilines is 2. The molecule has 5 heterocycles. The van der Waals surface area contributed by atoms with E-state index in [2.05, 4.69) is 20.7 Å². The van der Waals surface area contributed by atoms with Gasteiger partial charge >= 0.3 is 0 Å². The minimum atomic E-state index is -1.03. The molecular formula is C39H39Cl2FN8O6. The van der Waals surface area contributed by atoms with Crippen LogP contribution in [0, 0.1) is 5.82 Å². The molecule has 2 saturated heterocycles. The van der Waals surface area contributed by atoms with Gasteiger partial charge in [0.15, 0.2) is 11.6 Å². The SMILES string of the molecule is CC(Oc1cc(-c2cnn(C3CCN(C(=O)CCCCNc4cccc5c4C(=O)N(C4CCC(=O)NC4=O)C5=O)CC3)c2)cnc1N)c1c(Cl)ccc(F)c1Cl. The number of ether oxygens (including phenoxy) is 1. The van der Waals surface area contributed by atoms with Gasteiger partial charge in [-0.05, 0) is 69.4 Å². The first kappa shape index (κ1) is 38.7. The van der Waals surface area contributed by atoms with Crippen LogP contribution in [0.1, 0.15) is 90.3 Å². The van der Waals surface area contributed by atoms with Crippen molar-refractivity contribution in [3.05, 3.63) is 87.5 Å². The fraction of sp³-hybridized carbons (Fsp3) is 0.359. The summed E-state index contributed by atoms with van der Waals surface area (Å²) < 4.78 is 22.1. The number of rotatable bonds is 12. The lowest BCUT2D eigenvalue weighted by molar-refractivity contribution is -0.136. The predicted octanol–water partition coefficient (Wildman–Crippen LogP) is 5.96. The van der Waals surface area contributed by atoms with Gasteiger partial charge in [0.2, 0.25) is 17.7 Å². The lowest BCUT2D eigenvalue weighted by Crippen LogP contribution is -2.54. The molecule has 0 radical (unpaired) electrons. The molecule has 2 atom stereocenters. The lowest BCUT2D eigenvalue weighted by atomic mass is 10.0. The Morgan fingerprint density at radius 2 is 1.84 bits per heavy atom. The number of fused-ring (bicyclic) bond motifs is 1. The van der Waals surface area contributed by atoms with E-state index in [4.69, 9.17) is 33.7 Å². The molecule has 14 nitrogen and oxygen atoms in total. The van der Waals surface area contributed by atoms with Crippen molar-refractivity contribution < 1.29 is 33.1 Å². The summed E-state index contributed by atoms with van der Waals surface area (Å²) in [5.41, 5.74) is 8.84. The first-order chi connectivity index (χ1) is 26.9. The molecule has 2 unspecified atom stereocenters. The molecule has 4 aromatic rings. The third kappa shape index (κ3) is 7.78. The normalized spacial score (nSPS) is 17.9. The molecule has 3 aliphatic rings. The Balaban J connectivity index is 0.874.